The third-order valence-corrected chi connectivity index (χ3v) is 5.32. The van der Waals surface area contributed by atoms with Gasteiger partial charge >= 0.3 is 5.97 Å². The maximum absolute atomic E-state index is 12.4. The highest BCUT2D eigenvalue weighted by molar-refractivity contribution is 8.00. The van der Waals surface area contributed by atoms with Crippen molar-refractivity contribution in [2.45, 2.75) is 24.0 Å². The Morgan fingerprint density at radius 1 is 1.10 bits per heavy atom. The molecule has 0 heterocycles. The molecule has 9 heteroatoms. The van der Waals surface area contributed by atoms with E-state index in [0.717, 1.165) is 11.0 Å². The van der Waals surface area contributed by atoms with Crippen LogP contribution in [0.2, 0.25) is 5.02 Å². The van der Waals surface area contributed by atoms with Crippen molar-refractivity contribution < 1.29 is 24.2 Å². The molecule has 0 bridgehead atoms. The molecule has 158 valence electrons. The summed E-state index contributed by atoms with van der Waals surface area (Å²) in [5.41, 5.74) is 1.03. The molecule has 0 fully saturated rings. The number of carbonyl (C=O) groups is 3. The first-order valence-electron chi connectivity index (χ1n) is 8.83. The van der Waals surface area contributed by atoms with Crippen molar-refractivity contribution in [2.75, 3.05) is 17.7 Å². The predicted octanol–water partition coefficient (Wildman–Crippen LogP) is 4.44. The average Bonchev–Trinajstić information content (AvgIpc) is 2.69. The minimum atomic E-state index is -1.15. The molecule has 2 aromatic rings. The zero-order chi connectivity index (χ0) is 22.3. The van der Waals surface area contributed by atoms with E-state index in [1.807, 2.05) is 0 Å². The quantitative estimate of drug-likeness (QED) is 0.407. The summed E-state index contributed by atoms with van der Waals surface area (Å²) in [6.45, 7) is 3.12. The first-order chi connectivity index (χ1) is 14.2. The Morgan fingerprint density at radius 3 is 2.30 bits per heavy atom. The van der Waals surface area contributed by atoms with Crippen LogP contribution in [0, 0.1) is 0 Å². The molecule has 0 saturated heterocycles. The maximum atomic E-state index is 12.4. The smallest absolute Gasteiger partial charge is 0.331 e. The monoisotopic (exact) mass is 448 g/mol. The number of aliphatic carboxylic acids is 1. The van der Waals surface area contributed by atoms with E-state index < -0.39 is 11.9 Å². The molecule has 0 aliphatic carbocycles. The second kappa shape index (κ2) is 10.7. The van der Waals surface area contributed by atoms with Crippen LogP contribution in [0.25, 0.3) is 0 Å². The van der Waals surface area contributed by atoms with E-state index >= 15 is 0 Å². The number of amides is 2. The van der Waals surface area contributed by atoms with E-state index in [9.17, 15) is 14.4 Å². The highest BCUT2D eigenvalue weighted by Crippen LogP contribution is 2.29. The number of anilines is 2. The highest BCUT2D eigenvalue weighted by atomic mass is 35.5. The van der Waals surface area contributed by atoms with Crippen LogP contribution in [0.4, 0.5) is 11.4 Å². The van der Waals surface area contributed by atoms with Crippen molar-refractivity contribution in [2.24, 2.45) is 0 Å². The SMILES string of the molecule is COc1ccc(NC(=O)C(C)Sc2ccc(NC(=O)/C=C(/C)C(=O)O)cc2)cc1Cl. The summed E-state index contributed by atoms with van der Waals surface area (Å²) in [6, 6.07) is 11.9. The van der Waals surface area contributed by atoms with Gasteiger partial charge in [0.05, 0.1) is 17.4 Å². The molecular formula is C21H21ClN2O5S. The Morgan fingerprint density at radius 2 is 1.73 bits per heavy atom. The topological polar surface area (TPSA) is 105 Å². The minimum absolute atomic E-state index is 0.0577. The van der Waals surface area contributed by atoms with Crippen molar-refractivity contribution >= 4 is 52.5 Å². The average molecular weight is 449 g/mol. The number of ether oxygens (including phenoxy) is 1. The highest BCUT2D eigenvalue weighted by Gasteiger charge is 2.15. The van der Waals surface area contributed by atoms with Gasteiger partial charge in [-0.1, -0.05) is 11.6 Å². The van der Waals surface area contributed by atoms with Crippen molar-refractivity contribution in [3.63, 3.8) is 0 Å². The largest absolute Gasteiger partial charge is 0.495 e. The van der Waals surface area contributed by atoms with Gasteiger partial charge in [-0.15, -0.1) is 11.8 Å². The Balaban J connectivity index is 1.93. The molecule has 2 aromatic carbocycles. The molecule has 1 unspecified atom stereocenters. The van der Waals surface area contributed by atoms with Crippen molar-refractivity contribution in [1.29, 1.82) is 0 Å². The van der Waals surface area contributed by atoms with Crippen LogP contribution in [0.5, 0.6) is 5.75 Å². The fraction of sp³-hybridized carbons (Fsp3) is 0.190. The molecule has 30 heavy (non-hydrogen) atoms. The van der Waals surface area contributed by atoms with Crippen molar-refractivity contribution in [3.05, 3.63) is 59.1 Å². The molecule has 0 spiro atoms. The fourth-order valence-electron chi connectivity index (χ4n) is 2.30. The van der Waals surface area contributed by atoms with Crippen LogP contribution < -0.4 is 15.4 Å². The molecule has 0 aromatic heterocycles. The Labute approximate surface area is 183 Å². The van der Waals surface area contributed by atoms with Crippen LogP contribution in [0.15, 0.2) is 59.0 Å². The molecule has 3 N–H and O–H groups in total. The molecule has 0 radical (unpaired) electrons. The number of thioether (sulfide) groups is 1. The second-order valence-electron chi connectivity index (χ2n) is 6.24. The number of carboxylic acid groups (broad SMARTS) is 1. The van der Waals surface area contributed by atoms with Crippen LogP contribution >= 0.6 is 23.4 Å². The van der Waals surface area contributed by atoms with Crippen molar-refractivity contribution in [3.8, 4) is 5.75 Å². The molecule has 1 atom stereocenters. The van der Waals surface area contributed by atoms with Gasteiger partial charge in [0.1, 0.15) is 5.75 Å². The number of methoxy groups -OCH3 is 1. The van der Waals surface area contributed by atoms with Gasteiger partial charge in [-0.25, -0.2) is 4.79 Å². The third kappa shape index (κ3) is 6.82. The summed E-state index contributed by atoms with van der Waals surface area (Å²) < 4.78 is 5.09. The number of carboxylic acids is 1. The lowest BCUT2D eigenvalue weighted by Gasteiger charge is -2.13. The lowest BCUT2D eigenvalue weighted by atomic mass is 10.2. The van der Waals surface area contributed by atoms with Crippen LogP contribution in [-0.2, 0) is 14.4 Å². The van der Waals surface area contributed by atoms with Gasteiger partial charge in [0, 0.05) is 27.9 Å². The van der Waals surface area contributed by atoms with Gasteiger partial charge < -0.3 is 20.5 Å². The summed E-state index contributed by atoms with van der Waals surface area (Å²) in [6.07, 6.45) is 1.02. The number of hydrogen-bond donors (Lipinski definition) is 3. The summed E-state index contributed by atoms with van der Waals surface area (Å²) in [7, 11) is 1.52. The summed E-state index contributed by atoms with van der Waals surface area (Å²) in [5.74, 6) is -1.34. The van der Waals surface area contributed by atoms with E-state index in [1.165, 1.54) is 25.8 Å². The first kappa shape index (κ1) is 23.3. The lowest BCUT2D eigenvalue weighted by molar-refractivity contribution is -0.132. The lowest BCUT2D eigenvalue weighted by Crippen LogP contribution is -2.22. The number of halogens is 1. The van der Waals surface area contributed by atoms with E-state index in [4.69, 9.17) is 21.4 Å². The number of hydrogen-bond acceptors (Lipinski definition) is 5. The molecule has 2 rings (SSSR count). The summed E-state index contributed by atoms with van der Waals surface area (Å²) >= 11 is 7.43. The van der Waals surface area contributed by atoms with Gasteiger partial charge in [0.15, 0.2) is 0 Å². The molecule has 0 saturated carbocycles. The third-order valence-electron chi connectivity index (χ3n) is 3.91. The van der Waals surface area contributed by atoms with Crippen LogP contribution in [0.3, 0.4) is 0 Å². The minimum Gasteiger partial charge on any atom is -0.495 e. The molecule has 7 nitrogen and oxygen atoms in total. The fourth-order valence-corrected chi connectivity index (χ4v) is 3.42. The molecule has 0 aliphatic heterocycles. The van der Waals surface area contributed by atoms with Crippen molar-refractivity contribution in [1.82, 2.24) is 0 Å². The van der Waals surface area contributed by atoms with Gasteiger partial charge in [0.2, 0.25) is 11.8 Å². The Hall–Kier alpha value is -2.97. The zero-order valence-corrected chi connectivity index (χ0v) is 18.1. The standard InChI is InChI=1S/C21H21ClN2O5S/c1-12(21(27)28)10-19(25)23-14-4-7-16(8-5-14)30-13(2)20(26)24-15-6-9-18(29-3)17(22)11-15/h4-11,13H,1-3H3,(H,23,25)(H,24,26)(H,27,28)/b12-10-. The Kier molecular flexibility index (Phi) is 8.32. The number of benzene rings is 2. The normalized spacial score (nSPS) is 12.1. The number of carbonyl (C=O) groups excluding carboxylic acids is 2. The van der Waals surface area contributed by atoms with E-state index in [1.54, 1.807) is 49.4 Å². The summed E-state index contributed by atoms with van der Waals surface area (Å²) in [5, 5.41) is 14.2. The zero-order valence-electron chi connectivity index (χ0n) is 16.6. The van der Waals surface area contributed by atoms with E-state index in [2.05, 4.69) is 10.6 Å². The predicted molar refractivity (Wildman–Crippen MR) is 118 cm³/mol. The van der Waals surface area contributed by atoms with Gasteiger partial charge in [-0.2, -0.15) is 0 Å². The van der Waals surface area contributed by atoms with E-state index in [-0.39, 0.29) is 16.7 Å². The van der Waals surface area contributed by atoms with E-state index in [0.29, 0.717) is 22.1 Å². The molecule has 0 aliphatic rings. The van der Waals surface area contributed by atoms with Crippen LogP contribution in [-0.4, -0.2) is 35.2 Å². The van der Waals surface area contributed by atoms with Crippen LogP contribution in [0.1, 0.15) is 13.8 Å². The Bertz CT molecular complexity index is 976. The molecular weight excluding hydrogens is 428 g/mol. The number of nitrogens with one attached hydrogen (secondary N) is 2. The second-order valence-corrected chi connectivity index (χ2v) is 8.07. The first-order valence-corrected chi connectivity index (χ1v) is 10.1. The van der Waals surface area contributed by atoms with Gasteiger partial charge in [-0.3, -0.25) is 9.59 Å². The maximum Gasteiger partial charge on any atom is 0.331 e. The van der Waals surface area contributed by atoms with Gasteiger partial charge in [-0.05, 0) is 56.3 Å². The number of rotatable bonds is 8. The summed E-state index contributed by atoms with van der Waals surface area (Å²) in [4.78, 5) is 35.8. The molecule has 2 amide bonds. The van der Waals surface area contributed by atoms with Gasteiger partial charge in [0.25, 0.3) is 0 Å².